The SMILES string of the molecule is CCC(Oc1ccccc1C)C(=O)N(C1CC1)C(C)C(=O)O. The highest BCUT2D eigenvalue weighted by molar-refractivity contribution is 5.87. The van der Waals surface area contributed by atoms with E-state index in [0.717, 1.165) is 18.4 Å². The van der Waals surface area contributed by atoms with Gasteiger partial charge in [-0.1, -0.05) is 25.1 Å². The fourth-order valence-corrected chi connectivity index (χ4v) is 2.48. The maximum atomic E-state index is 12.8. The Morgan fingerprint density at radius 2 is 2.00 bits per heavy atom. The number of aliphatic carboxylic acids is 1. The minimum Gasteiger partial charge on any atom is -0.480 e. The van der Waals surface area contributed by atoms with E-state index in [2.05, 4.69) is 0 Å². The van der Waals surface area contributed by atoms with Gasteiger partial charge in [0.2, 0.25) is 0 Å². The van der Waals surface area contributed by atoms with Gasteiger partial charge in [0.1, 0.15) is 11.8 Å². The lowest BCUT2D eigenvalue weighted by Gasteiger charge is -2.30. The maximum absolute atomic E-state index is 12.8. The fraction of sp³-hybridized carbons (Fsp3) is 0.529. The number of hydrogen-bond acceptors (Lipinski definition) is 3. The Bertz CT molecular complexity index is 553. The normalized spacial score (nSPS) is 16.7. The number of carboxylic acids is 1. The van der Waals surface area contributed by atoms with Crippen molar-refractivity contribution in [1.82, 2.24) is 4.90 Å². The number of para-hydroxylation sites is 1. The van der Waals surface area contributed by atoms with E-state index in [-0.39, 0.29) is 11.9 Å². The third-order valence-electron chi connectivity index (χ3n) is 3.98. The van der Waals surface area contributed by atoms with Gasteiger partial charge in [-0.05, 0) is 44.7 Å². The van der Waals surface area contributed by atoms with E-state index in [1.165, 1.54) is 4.90 Å². The molecular weight excluding hydrogens is 282 g/mol. The largest absolute Gasteiger partial charge is 0.480 e. The summed E-state index contributed by atoms with van der Waals surface area (Å²) in [5, 5.41) is 9.23. The average molecular weight is 305 g/mol. The molecule has 0 bridgehead atoms. The number of carbonyl (C=O) groups excluding carboxylic acids is 1. The van der Waals surface area contributed by atoms with Crippen molar-refractivity contribution in [2.45, 2.75) is 58.2 Å². The summed E-state index contributed by atoms with van der Waals surface area (Å²) in [7, 11) is 0. The predicted molar refractivity (Wildman–Crippen MR) is 82.9 cm³/mol. The second-order valence-electron chi connectivity index (χ2n) is 5.77. The maximum Gasteiger partial charge on any atom is 0.326 e. The Morgan fingerprint density at radius 3 is 2.50 bits per heavy atom. The van der Waals surface area contributed by atoms with E-state index in [1.54, 1.807) is 6.92 Å². The van der Waals surface area contributed by atoms with Crippen molar-refractivity contribution < 1.29 is 19.4 Å². The zero-order valence-electron chi connectivity index (χ0n) is 13.3. The van der Waals surface area contributed by atoms with Crippen LogP contribution in [0.3, 0.4) is 0 Å². The molecule has 5 heteroatoms. The van der Waals surface area contributed by atoms with E-state index in [4.69, 9.17) is 4.74 Å². The highest BCUT2D eigenvalue weighted by Crippen LogP contribution is 2.30. The molecule has 2 unspecified atom stereocenters. The molecule has 0 saturated heterocycles. The van der Waals surface area contributed by atoms with Crippen molar-refractivity contribution in [3.63, 3.8) is 0 Å². The van der Waals surface area contributed by atoms with E-state index in [1.807, 2.05) is 38.1 Å². The number of hydrogen-bond donors (Lipinski definition) is 1. The standard InChI is InChI=1S/C17H23NO4/c1-4-14(22-15-8-6-5-7-11(15)2)16(19)18(13-9-10-13)12(3)17(20)21/h5-8,12-14H,4,9-10H2,1-3H3,(H,20,21). The molecule has 22 heavy (non-hydrogen) atoms. The van der Waals surface area contributed by atoms with Gasteiger partial charge in [-0.2, -0.15) is 0 Å². The molecule has 1 aliphatic carbocycles. The number of ether oxygens (including phenoxy) is 1. The number of carboxylic acid groups (broad SMARTS) is 1. The quantitative estimate of drug-likeness (QED) is 0.841. The summed E-state index contributed by atoms with van der Waals surface area (Å²) < 4.78 is 5.86. The van der Waals surface area contributed by atoms with Crippen molar-refractivity contribution in [2.24, 2.45) is 0 Å². The first kappa shape index (κ1) is 16.3. The number of benzene rings is 1. The first-order valence-electron chi connectivity index (χ1n) is 7.73. The number of carbonyl (C=O) groups is 2. The first-order valence-corrected chi connectivity index (χ1v) is 7.73. The monoisotopic (exact) mass is 305 g/mol. The van der Waals surface area contributed by atoms with Crippen LogP contribution in [0, 0.1) is 6.92 Å². The molecule has 1 saturated carbocycles. The summed E-state index contributed by atoms with van der Waals surface area (Å²) >= 11 is 0. The van der Waals surface area contributed by atoms with Gasteiger partial charge in [-0.25, -0.2) is 4.79 Å². The Balaban J connectivity index is 2.16. The zero-order chi connectivity index (χ0) is 16.3. The second kappa shape index (κ2) is 6.81. The third kappa shape index (κ3) is 3.59. The third-order valence-corrected chi connectivity index (χ3v) is 3.98. The summed E-state index contributed by atoms with van der Waals surface area (Å²) in [4.78, 5) is 25.5. The summed E-state index contributed by atoms with van der Waals surface area (Å²) in [6, 6.07) is 6.73. The molecule has 2 atom stereocenters. The van der Waals surface area contributed by atoms with Crippen molar-refractivity contribution in [3.05, 3.63) is 29.8 Å². The lowest BCUT2D eigenvalue weighted by atomic mass is 10.1. The number of nitrogens with zero attached hydrogens (tertiary/aromatic N) is 1. The summed E-state index contributed by atoms with van der Waals surface area (Å²) in [6.45, 7) is 5.35. The fourth-order valence-electron chi connectivity index (χ4n) is 2.48. The highest BCUT2D eigenvalue weighted by atomic mass is 16.5. The van der Waals surface area contributed by atoms with Crippen LogP contribution < -0.4 is 4.74 Å². The molecule has 0 heterocycles. The molecule has 1 aromatic rings. The minimum absolute atomic E-state index is 0.0353. The topological polar surface area (TPSA) is 66.8 Å². The highest BCUT2D eigenvalue weighted by Gasteiger charge is 2.41. The molecule has 1 amide bonds. The van der Waals surface area contributed by atoms with Crippen LogP contribution in [0.2, 0.25) is 0 Å². The molecule has 0 radical (unpaired) electrons. The smallest absolute Gasteiger partial charge is 0.326 e. The van der Waals surface area contributed by atoms with E-state index in [9.17, 15) is 14.7 Å². The molecule has 0 spiro atoms. The molecule has 120 valence electrons. The van der Waals surface area contributed by atoms with Gasteiger partial charge in [-0.3, -0.25) is 4.79 Å². The van der Waals surface area contributed by atoms with E-state index < -0.39 is 18.1 Å². The van der Waals surface area contributed by atoms with Gasteiger partial charge in [0.05, 0.1) is 0 Å². The molecule has 1 aromatic carbocycles. The Labute approximate surface area is 130 Å². The van der Waals surface area contributed by atoms with E-state index in [0.29, 0.717) is 12.2 Å². The van der Waals surface area contributed by atoms with Crippen LogP contribution in [0.5, 0.6) is 5.75 Å². The minimum atomic E-state index is -0.981. The van der Waals surface area contributed by atoms with Crippen LogP contribution >= 0.6 is 0 Å². The Morgan fingerprint density at radius 1 is 1.36 bits per heavy atom. The zero-order valence-corrected chi connectivity index (χ0v) is 13.3. The molecule has 1 N–H and O–H groups in total. The molecule has 2 rings (SSSR count). The average Bonchev–Trinajstić information content (AvgIpc) is 3.31. The van der Waals surface area contributed by atoms with Crippen molar-refractivity contribution >= 4 is 11.9 Å². The first-order chi connectivity index (χ1) is 10.5. The summed E-state index contributed by atoms with van der Waals surface area (Å²) in [5.41, 5.74) is 0.956. The lowest BCUT2D eigenvalue weighted by Crippen LogP contribution is -2.50. The van der Waals surface area contributed by atoms with Crippen LogP contribution in [0.4, 0.5) is 0 Å². The Hall–Kier alpha value is -2.04. The molecule has 0 aromatic heterocycles. The summed E-state index contributed by atoms with van der Waals surface area (Å²) in [5.74, 6) is -0.546. The van der Waals surface area contributed by atoms with Gasteiger partial charge in [-0.15, -0.1) is 0 Å². The molecule has 0 aliphatic heterocycles. The predicted octanol–water partition coefficient (Wildman–Crippen LogP) is 2.62. The molecule has 1 aliphatic rings. The van der Waals surface area contributed by atoms with Crippen LogP contribution in [0.1, 0.15) is 38.7 Å². The van der Waals surface area contributed by atoms with Crippen LogP contribution in [0.15, 0.2) is 24.3 Å². The lowest BCUT2D eigenvalue weighted by molar-refractivity contribution is -0.153. The van der Waals surface area contributed by atoms with Crippen molar-refractivity contribution in [2.75, 3.05) is 0 Å². The van der Waals surface area contributed by atoms with Crippen LogP contribution in [-0.2, 0) is 9.59 Å². The van der Waals surface area contributed by atoms with Crippen molar-refractivity contribution in [3.8, 4) is 5.75 Å². The Kier molecular flexibility index (Phi) is 5.06. The number of rotatable bonds is 7. The molecule has 5 nitrogen and oxygen atoms in total. The second-order valence-corrected chi connectivity index (χ2v) is 5.77. The van der Waals surface area contributed by atoms with Gasteiger partial charge < -0.3 is 14.7 Å². The van der Waals surface area contributed by atoms with Gasteiger partial charge in [0.15, 0.2) is 6.10 Å². The van der Waals surface area contributed by atoms with Crippen molar-refractivity contribution in [1.29, 1.82) is 0 Å². The number of amides is 1. The van der Waals surface area contributed by atoms with E-state index >= 15 is 0 Å². The number of aryl methyl sites for hydroxylation is 1. The van der Waals surface area contributed by atoms with Gasteiger partial charge >= 0.3 is 5.97 Å². The molecule has 1 fully saturated rings. The summed E-state index contributed by atoms with van der Waals surface area (Å²) in [6.07, 6.45) is 1.58. The van der Waals surface area contributed by atoms with Gasteiger partial charge in [0, 0.05) is 6.04 Å². The molecular formula is C17H23NO4. The van der Waals surface area contributed by atoms with Crippen LogP contribution in [0.25, 0.3) is 0 Å². The van der Waals surface area contributed by atoms with Crippen LogP contribution in [-0.4, -0.2) is 40.1 Å². The van der Waals surface area contributed by atoms with Gasteiger partial charge in [0.25, 0.3) is 5.91 Å².